The smallest absolute Gasteiger partial charge is 0.00835 e. The van der Waals surface area contributed by atoms with Gasteiger partial charge in [-0.2, -0.15) is 0 Å². The fraction of sp³-hybridized carbons (Fsp3) is 0.846. The molecule has 2 aliphatic rings. The van der Waals surface area contributed by atoms with Gasteiger partial charge in [0.1, 0.15) is 0 Å². The molecule has 2 rings (SSSR count). The van der Waals surface area contributed by atoms with Crippen LogP contribution in [0.2, 0.25) is 0 Å². The number of rotatable bonds is 0. The molecule has 2 aliphatic carbocycles. The molecule has 1 heteroatoms. The van der Waals surface area contributed by atoms with Crippen molar-refractivity contribution in [3.8, 4) is 0 Å². The summed E-state index contributed by atoms with van der Waals surface area (Å²) < 4.78 is 1.44. The molecular formula is C13H21Br. The first-order valence-corrected chi connectivity index (χ1v) is 6.61. The Morgan fingerprint density at radius 1 is 1.29 bits per heavy atom. The average molecular weight is 257 g/mol. The van der Waals surface area contributed by atoms with Crippen LogP contribution in [-0.4, -0.2) is 0 Å². The second-order valence-corrected chi connectivity index (χ2v) is 7.05. The Morgan fingerprint density at radius 3 is 2.71 bits per heavy atom. The predicted octanol–water partition coefficient (Wildman–Crippen LogP) is 4.89. The van der Waals surface area contributed by atoms with Gasteiger partial charge in [-0.05, 0) is 46.9 Å². The zero-order valence-corrected chi connectivity index (χ0v) is 11.2. The SMILES string of the molecule is CC1(C)CCC[C@]2(C)C=C(Br)CC[C@@H]12. The van der Waals surface area contributed by atoms with E-state index in [1.165, 1.54) is 36.6 Å². The standard InChI is InChI=1S/C13H21Br/c1-12(2)7-4-8-13(3)9-10(14)5-6-11(12)13/h9,11H,4-8H2,1-3H3/t11-,13+/m0/s1. The van der Waals surface area contributed by atoms with Crippen molar-refractivity contribution in [3.05, 3.63) is 10.6 Å². The molecule has 1 saturated carbocycles. The van der Waals surface area contributed by atoms with Gasteiger partial charge in [-0.1, -0.05) is 49.2 Å². The van der Waals surface area contributed by atoms with Crippen molar-refractivity contribution in [1.29, 1.82) is 0 Å². The number of halogens is 1. The maximum atomic E-state index is 3.68. The first-order valence-electron chi connectivity index (χ1n) is 5.81. The van der Waals surface area contributed by atoms with Crippen molar-refractivity contribution in [2.75, 3.05) is 0 Å². The largest absolute Gasteiger partial charge is 0.0681 e. The molecule has 2 atom stereocenters. The summed E-state index contributed by atoms with van der Waals surface area (Å²) in [5, 5.41) is 0. The van der Waals surface area contributed by atoms with E-state index < -0.39 is 0 Å². The van der Waals surface area contributed by atoms with Gasteiger partial charge in [0.15, 0.2) is 0 Å². The van der Waals surface area contributed by atoms with E-state index in [2.05, 4.69) is 42.8 Å². The summed E-state index contributed by atoms with van der Waals surface area (Å²) in [4.78, 5) is 0. The molecule has 0 aromatic carbocycles. The van der Waals surface area contributed by atoms with Crippen molar-refractivity contribution in [3.63, 3.8) is 0 Å². The summed E-state index contributed by atoms with van der Waals surface area (Å²) in [5.74, 6) is 0.894. The van der Waals surface area contributed by atoms with Crippen LogP contribution in [0.15, 0.2) is 10.6 Å². The molecule has 0 amide bonds. The molecule has 0 aromatic rings. The number of allylic oxidation sites excluding steroid dienone is 2. The quantitative estimate of drug-likeness (QED) is 0.579. The van der Waals surface area contributed by atoms with Crippen molar-refractivity contribution in [2.24, 2.45) is 16.7 Å². The van der Waals surface area contributed by atoms with Crippen LogP contribution in [0.5, 0.6) is 0 Å². The lowest BCUT2D eigenvalue weighted by Gasteiger charge is -2.52. The van der Waals surface area contributed by atoms with E-state index in [1.807, 2.05) is 0 Å². The molecule has 0 saturated heterocycles. The summed E-state index contributed by atoms with van der Waals surface area (Å²) in [7, 11) is 0. The normalized spacial score (nSPS) is 41.4. The molecule has 0 aromatic heterocycles. The first kappa shape index (κ1) is 10.7. The molecule has 0 N–H and O–H groups in total. The minimum atomic E-state index is 0.471. The zero-order valence-electron chi connectivity index (χ0n) is 9.57. The Labute approximate surface area is 96.3 Å². The van der Waals surface area contributed by atoms with Crippen molar-refractivity contribution >= 4 is 15.9 Å². The van der Waals surface area contributed by atoms with Gasteiger partial charge < -0.3 is 0 Å². The van der Waals surface area contributed by atoms with E-state index in [9.17, 15) is 0 Å². The molecular weight excluding hydrogens is 236 g/mol. The Bertz CT molecular complexity index is 264. The molecule has 0 unspecified atom stereocenters. The Kier molecular flexibility index (Phi) is 2.58. The number of hydrogen-bond acceptors (Lipinski definition) is 0. The van der Waals surface area contributed by atoms with Crippen LogP contribution in [0.25, 0.3) is 0 Å². The van der Waals surface area contributed by atoms with Crippen LogP contribution in [0, 0.1) is 16.7 Å². The topological polar surface area (TPSA) is 0 Å². The molecule has 0 heterocycles. The fourth-order valence-electron chi connectivity index (χ4n) is 3.77. The van der Waals surface area contributed by atoms with Crippen LogP contribution in [0.1, 0.15) is 52.9 Å². The maximum Gasteiger partial charge on any atom is -0.00835 e. The Balaban J connectivity index is 2.33. The fourth-order valence-corrected chi connectivity index (χ4v) is 4.52. The highest BCUT2D eigenvalue weighted by Crippen LogP contribution is 2.56. The summed E-state index contributed by atoms with van der Waals surface area (Å²) in [6, 6.07) is 0. The Morgan fingerprint density at radius 2 is 2.00 bits per heavy atom. The van der Waals surface area contributed by atoms with Gasteiger partial charge in [0.2, 0.25) is 0 Å². The van der Waals surface area contributed by atoms with Crippen molar-refractivity contribution in [1.82, 2.24) is 0 Å². The molecule has 0 bridgehead atoms. The second kappa shape index (κ2) is 3.37. The summed E-state index contributed by atoms with van der Waals surface area (Å²) in [6.45, 7) is 7.38. The van der Waals surface area contributed by atoms with Gasteiger partial charge in [-0.25, -0.2) is 0 Å². The minimum absolute atomic E-state index is 0.471. The molecule has 0 radical (unpaired) electrons. The van der Waals surface area contributed by atoms with Gasteiger partial charge in [-0.3, -0.25) is 0 Å². The van der Waals surface area contributed by atoms with E-state index in [4.69, 9.17) is 0 Å². The van der Waals surface area contributed by atoms with Crippen LogP contribution in [-0.2, 0) is 0 Å². The van der Waals surface area contributed by atoms with Gasteiger partial charge in [-0.15, -0.1) is 0 Å². The maximum absolute atomic E-state index is 3.68. The molecule has 1 fully saturated rings. The average Bonchev–Trinajstić information content (AvgIpc) is 2.00. The van der Waals surface area contributed by atoms with Gasteiger partial charge in [0.25, 0.3) is 0 Å². The lowest BCUT2D eigenvalue weighted by Crippen LogP contribution is -2.42. The third kappa shape index (κ3) is 1.68. The van der Waals surface area contributed by atoms with Gasteiger partial charge in [0.05, 0.1) is 0 Å². The molecule has 80 valence electrons. The summed E-state index contributed by atoms with van der Waals surface area (Å²) >= 11 is 3.68. The molecule has 14 heavy (non-hydrogen) atoms. The minimum Gasteiger partial charge on any atom is -0.0681 e. The van der Waals surface area contributed by atoms with E-state index in [1.54, 1.807) is 0 Å². The first-order chi connectivity index (χ1) is 6.44. The lowest BCUT2D eigenvalue weighted by atomic mass is 9.54. The second-order valence-electron chi connectivity index (χ2n) is 6.03. The summed E-state index contributed by atoms with van der Waals surface area (Å²) in [5.41, 5.74) is 1.02. The van der Waals surface area contributed by atoms with Crippen LogP contribution < -0.4 is 0 Å². The third-order valence-corrected chi connectivity index (χ3v) is 5.06. The van der Waals surface area contributed by atoms with Crippen LogP contribution in [0.3, 0.4) is 0 Å². The van der Waals surface area contributed by atoms with E-state index in [0.29, 0.717) is 10.8 Å². The monoisotopic (exact) mass is 256 g/mol. The number of fused-ring (bicyclic) bond motifs is 1. The lowest BCUT2D eigenvalue weighted by molar-refractivity contribution is 0.0230. The van der Waals surface area contributed by atoms with Crippen LogP contribution >= 0.6 is 15.9 Å². The molecule has 0 nitrogen and oxygen atoms in total. The van der Waals surface area contributed by atoms with Gasteiger partial charge >= 0.3 is 0 Å². The van der Waals surface area contributed by atoms with Crippen LogP contribution in [0.4, 0.5) is 0 Å². The summed E-state index contributed by atoms with van der Waals surface area (Å²) in [6.07, 6.45) is 9.33. The molecule has 0 aliphatic heterocycles. The van der Waals surface area contributed by atoms with Crippen molar-refractivity contribution < 1.29 is 0 Å². The van der Waals surface area contributed by atoms with E-state index in [-0.39, 0.29) is 0 Å². The third-order valence-electron chi connectivity index (χ3n) is 4.43. The van der Waals surface area contributed by atoms with Crippen molar-refractivity contribution in [2.45, 2.75) is 52.9 Å². The van der Waals surface area contributed by atoms with Gasteiger partial charge in [0, 0.05) is 0 Å². The Hall–Kier alpha value is 0.220. The van der Waals surface area contributed by atoms with E-state index >= 15 is 0 Å². The highest BCUT2D eigenvalue weighted by Gasteiger charge is 2.46. The predicted molar refractivity (Wildman–Crippen MR) is 65.5 cm³/mol. The highest BCUT2D eigenvalue weighted by molar-refractivity contribution is 9.11. The highest BCUT2D eigenvalue weighted by atomic mass is 79.9. The number of hydrogen-bond donors (Lipinski definition) is 0. The molecule has 0 spiro atoms. The van der Waals surface area contributed by atoms with E-state index in [0.717, 1.165) is 5.92 Å². The zero-order chi connectivity index (χ0) is 10.4.